The van der Waals surface area contributed by atoms with Crippen LogP contribution in [0.4, 0.5) is 0 Å². The molecule has 0 saturated carbocycles. The van der Waals surface area contributed by atoms with Gasteiger partial charge in [0.2, 0.25) is 0 Å². The molecule has 0 fully saturated rings. The number of phenolic OH excluding ortho intramolecular Hbond substituents is 2. The number of fused-ring (bicyclic) bond motifs is 6. The van der Waals surface area contributed by atoms with Crippen molar-refractivity contribution >= 4 is 43.6 Å². The molecule has 1 aromatic heterocycles. The van der Waals surface area contributed by atoms with E-state index < -0.39 is 0 Å². The van der Waals surface area contributed by atoms with Gasteiger partial charge in [0.05, 0.1) is 44.8 Å². The summed E-state index contributed by atoms with van der Waals surface area (Å²) in [6.07, 6.45) is 0. The molecule has 0 atom stereocenters. The van der Waals surface area contributed by atoms with E-state index in [0.29, 0.717) is 66.4 Å². The second kappa shape index (κ2) is 16.5. The fourth-order valence-electron chi connectivity index (χ4n) is 7.57. The average molecular weight is 777 g/mol. The highest BCUT2D eigenvalue weighted by molar-refractivity contribution is 6.00. The van der Waals surface area contributed by atoms with E-state index in [4.69, 9.17) is 19.9 Å². The van der Waals surface area contributed by atoms with Gasteiger partial charge in [0.25, 0.3) is 0 Å². The smallest absolute Gasteiger partial charge is 0.134 e. The van der Waals surface area contributed by atoms with Crippen molar-refractivity contribution in [3.63, 3.8) is 0 Å². The van der Waals surface area contributed by atoms with Crippen LogP contribution in [0.3, 0.4) is 0 Å². The molecule has 6 nitrogen and oxygen atoms in total. The minimum absolute atomic E-state index is 0.0409. The molecule has 0 amide bonds. The molecule has 8 aromatic carbocycles. The molecule has 0 aliphatic rings. The van der Waals surface area contributed by atoms with Gasteiger partial charge in [-0.2, -0.15) is 0 Å². The van der Waals surface area contributed by atoms with E-state index in [9.17, 15) is 10.2 Å². The Hall–Kier alpha value is -7.96. The summed E-state index contributed by atoms with van der Waals surface area (Å²) < 4.78 is 0. The number of rotatable bonds is 4. The lowest BCUT2D eigenvalue weighted by atomic mass is 9.99. The van der Waals surface area contributed by atoms with Gasteiger partial charge in [0.1, 0.15) is 11.5 Å². The molecule has 6 heteroatoms. The first-order chi connectivity index (χ1) is 29.4. The van der Waals surface area contributed by atoms with Crippen LogP contribution in [0.1, 0.15) is 11.1 Å². The Balaban J connectivity index is 1.60. The molecular weight excluding hydrogens is 737 g/mol. The first kappa shape index (κ1) is 37.6. The zero-order valence-corrected chi connectivity index (χ0v) is 33.2. The number of aromatic nitrogens is 4. The van der Waals surface area contributed by atoms with Crippen LogP contribution in [-0.4, -0.2) is 30.1 Å². The fraction of sp³-hybridized carbons (Fsp3) is 0.0370. The van der Waals surface area contributed by atoms with Gasteiger partial charge < -0.3 is 10.2 Å². The Bertz CT molecular complexity index is 2800. The first-order valence-electron chi connectivity index (χ1n) is 19.8. The van der Waals surface area contributed by atoms with Crippen LogP contribution in [0.2, 0.25) is 0 Å². The van der Waals surface area contributed by atoms with Gasteiger partial charge in [-0.15, -0.1) is 0 Å². The molecule has 1 heterocycles. The molecule has 0 aliphatic carbocycles. The van der Waals surface area contributed by atoms with Crippen LogP contribution < -0.4 is 0 Å². The summed E-state index contributed by atoms with van der Waals surface area (Å²) in [6, 6.07) is 62.7. The van der Waals surface area contributed by atoms with E-state index >= 15 is 0 Å². The van der Waals surface area contributed by atoms with Gasteiger partial charge in [0.15, 0.2) is 0 Å². The van der Waals surface area contributed by atoms with Gasteiger partial charge in [-0.05, 0) is 73.5 Å². The second-order valence-corrected chi connectivity index (χ2v) is 14.7. The summed E-state index contributed by atoms with van der Waals surface area (Å²) in [5.74, 6) is 0.0819. The zero-order valence-electron chi connectivity index (χ0n) is 33.2. The van der Waals surface area contributed by atoms with Crippen molar-refractivity contribution in [2.75, 3.05) is 0 Å². The highest BCUT2D eigenvalue weighted by Gasteiger charge is 2.16. The summed E-state index contributed by atoms with van der Waals surface area (Å²) >= 11 is 0. The van der Waals surface area contributed by atoms with Crippen LogP contribution in [0, 0.1) is 13.8 Å². The Kier molecular flexibility index (Phi) is 10.3. The molecule has 0 radical (unpaired) electrons. The summed E-state index contributed by atoms with van der Waals surface area (Å²) in [4.78, 5) is 21.4. The molecule has 60 heavy (non-hydrogen) atoms. The van der Waals surface area contributed by atoms with Crippen molar-refractivity contribution in [2.45, 2.75) is 13.8 Å². The number of hydrogen-bond donors (Lipinski definition) is 2. The Labute approximate surface area is 348 Å². The van der Waals surface area contributed by atoms with E-state index in [1.807, 2.05) is 208 Å². The Morgan fingerprint density at radius 3 is 0.700 bits per heavy atom. The van der Waals surface area contributed by atoms with Crippen LogP contribution in [-0.2, 0) is 0 Å². The molecule has 288 valence electrons. The van der Waals surface area contributed by atoms with E-state index in [0.717, 1.165) is 33.4 Å². The van der Waals surface area contributed by atoms with Crippen molar-refractivity contribution in [3.05, 3.63) is 205 Å². The van der Waals surface area contributed by atoms with Crippen LogP contribution in [0.15, 0.2) is 194 Å². The van der Waals surface area contributed by atoms with Gasteiger partial charge in [-0.1, -0.05) is 146 Å². The molecule has 0 spiro atoms. The van der Waals surface area contributed by atoms with Gasteiger partial charge in [-0.25, -0.2) is 19.9 Å². The van der Waals surface area contributed by atoms with Crippen molar-refractivity contribution < 1.29 is 10.2 Å². The number of nitrogens with zero attached hydrogens (tertiary/aromatic N) is 4. The number of phenols is 2. The molecule has 2 N–H and O–H groups in total. The predicted molar refractivity (Wildman–Crippen MR) is 246 cm³/mol. The molecule has 0 unspecified atom stereocenters. The molecule has 0 aliphatic heterocycles. The Morgan fingerprint density at radius 1 is 0.283 bits per heavy atom. The van der Waals surface area contributed by atoms with E-state index in [1.165, 1.54) is 0 Å². The van der Waals surface area contributed by atoms with E-state index in [1.54, 1.807) is 0 Å². The molecular formula is C54H40N4O2. The minimum atomic E-state index is 0.0409. The topological polar surface area (TPSA) is 92.0 Å². The number of aromatic hydroxyl groups is 2. The van der Waals surface area contributed by atoms with E-state index in [2.05, 4.69) is 0 Å². The van der Waals surface area contributed by atoms with Crippen LogP contribution >= 0.6 is 0 Å². The van der Waals surface area contributed by atoms with Crippen molar-refractivity contribution in [3.8, 4) is 56.5 Å². The van der Waals surface area contributed by atoms with Crippen molar-refractivity contribution in [2.24, 2.45) is 0 Å². The largest absolute Gasteiger partial charge is 0.507 e. The average Bonchev–Trinajstić information content (AvgIpc) is 3.29. The lowest BCUT2D eigenvalue weighted by Gasteiger charge is -2.11. The molecule has 4 bridgehead atoms. The summed E-state index contributed by atoms with van der Waals surface area (Å²) in [7, 11) is 0. The lowest BCUT2D eigenvalue weighted by Crippen LogP contribution is -1.91. The normalized spacial score (nSPS) is 11.0. The monoisotopic (exact) mass is 776 g/mol. The molecule has 9 aromatic rings. The molecule has 0 saturated heterocycles. The quantitative estimate of drug-likeness (QED) is 0.185. The lowest BCUT2D eigenvalue weighted by molar-refractivity contribution is 0.486. The highest BCUT2D eigenvalue weighted by Crippen LogP contribution is 2.39. The highest BCUT2D eigenvalue weighted by atomic mass is 16.3. The summed E-state index contributed by atoms with van der Waals surface area (Å²) in [6.45, 7) is 4.03. The standard InChI is InChI=1S/C54H40N4O2/c1-35-31-41-49(37-19-7-3-8-20-37)55-45-27-15-17-29-47(45)57-51(39-23-11-5-12-24-39)43-33-36(2)34-44(54(43)60)52(40-25-13-6-14-26-40)58-48-30-18-16-28-46(48)56-50(42(32-35)53(41)59)38-21-9-4-10-22-38/h3-34,59-60H,1-2H3. The second-order valence-electron chi connectivity index (χ2n) is 14.7. The van der Waals surface area contributed by atoms with Gasteiger partial charge in [-0.3, -0.25) is 0 Å². The van der Waals surface area contributed by atoms with E-state index in [-0.39, 0.29) is 11.5 Å². The summed E-state index contributed by atoms with van der Waals surface area (Å²) in [5, 5.41) is 27.4. The minimum Gasteiger partial charge on any atom is -0.507 e. The Morgan fingerprint density at radius 2 is 0.483 bits per heavy atom. The summed E-state index contributed by atoms with van der Waals surface area (Å²) in [5.41, 5.74) is 9.66. The third-order valence-electron chi connectivity index (χ3n) is 10.4. The SMILES string of the molecule is Cc1cc2c(-c3ccccc3)nc3ccccc3nc(-c3ccccc3)c3cc(C)cc(c(-c4ccccc4)nc4ccccc4nc(-c4ccccc4)c(c1)c2O)c3O. The van der Waals surface area contributed by atoms with Gasteiger partial charge >= 0.3 is 0 Å². The maximum Gasteiger partial charge on any atom is 0.134 e. The maximum atomic E-state index is 12.6. The van der Waals surface area contributed by atoms with Crippen molar-refractivity contribution in [1.29, 1.82) is 0 Å². The predicted octanol–water partition coefficient (Wildman–Crippen LogP) is 13.4. The van der Waals surface area contributed by atoms with Crippen molar-refractivity contribution in [1.82, 2.24) is 19.9 Å². The zero-order chi connectivity index (χ0) is 41.0. The van der Waals surface area contributed by atoms with Gasteiger partial charge in [0, 0.05) is 43.8 Å². The number of hydrogen-bond acceptors (Lipinski definition) is 6. The number of para-hydroxylation sites is 4. The number of benzene rings is 8. The molecule has 9 rings (SSSR count). The van der Waals surface area contributed by atoms with Crippen LogP contribution in [0.5, 0.6) is 11.5 Å². The number of aryl methyl sites for hydroxylation is 2. The third kappa shape index (κ3) is 7.58. The third-order valence-corrected chi connectivity index (χ3v) is 10.4. The maximum absolute atomic E-state index is 12.6. The fourth-order valence-corrected chi connectivity index (χ4v) is 7.57. The first-order valence-corrected chi connectivity index (χ1v) is 19.8. The van der Waals surface area contributed by atoms with Crippen LogP contribution in [0.25, 0.3) is 88.6 Å².